The van der Waals surface area contributed by atoms with Gasteiger partial charge in [-0.25, -0.2) is 4.98 Å². The molecule has 2 aromatic rings. The van der Waals surface area contributed by atoms with Crippen LogP contribution in [0, 0.1) is 15.4 Å². The van der Waals surface area contributed by atoms with E-state index in [2.05, 4.69) is 81.6 Å². The van der Waals surface area contributed by atoms with E-state index in [-0.39, 0.29) is 42.0 Å². The van der Waals surface area contributed by atoms with Crippen LogP contribution in [0.4, 0.5) is 0 Å². The van der Waals surface area contributed by atoms with Crippen LogP contribution in [-0.4, -0.2) is 47.6 Å². The fraction of sp³-hybridized carbons (Fsp3) is 0.609. The molecule has 7 nitrogen and oxygen atoms in total. The Morgan fingerprint density at radius 1 is 1.35 bits per heavy atom. The average molecular weight is 543 g/mol. The predicted molar refractivity (Wildman–Crippen MR) is 130 cm³/mol. The van der Waals surface area contributed by atoms with Crippen molar-refractivity contribution in [1.82, 2.24) is 15.3 Å². The minimum atomic E-state index is -0.323. The molecule has 3 rings (SSSR count). The Kier molecular flexibility index (Phi) is 9.45. The molecule has 1 aromatic carbocycles. The Morgan fingerprint density at radius 3 is 2.65 bits per heavy atom. The third-order valence-corrected chi connectivity index (χ3v) is 5.74. The normalized spacial score (nSPS) is 19.7. The van der Waals surface area contributed by atoms with E-state index in [1.165, 1.54) is 10.7 Å². The molecule has 0 amide bonds. The molecular formula is C23H34IN3O4. The first-order chi connectivity index (χ1) is 14.5. The maximum absolute atomic E-state index is 10.7. The van der Waals surface area contributed by atoms with Gasteiger partial charge in [0.05, 0.1) is 42.3 Å². The molecule has 1 fully saturated rings. The summed E-state index contributed by atoms with van der Waals surface area (Å²) in [5.74, 6) is 0.687. The van der Waals surface area contributed by atoms with Crippen molar-refractivity contribution in [2.45, 2.75) is 65.2 Å². The molecule has 0 radical (unpaired) electrons. The zero-order valence-electron chi connectivity index (χ0n) is 19.2. The van der Waals surface area contributed by atoms with E-state index >= 15 is 0 Å². The molecule has 0 bridgehead atoms. The van der Waals surface area contributed by atoms with E-state index in [4.69, 9.17) is 4.74 Å². The number of hydrogen-bond donors (Lipinski definition) is 2. The summed E-state index contributed by atoms with van der Waals surface area (Å²) >= 11 is 2.32. The number of nitrogens with zero attached hydrogens (tertiary/aromatic N) is 1. The fourth-order valence-electron chi connectivity index (χ4n) is 3.38. The van der Waals surface area contributed by atoms with Gasteiger partial charge in [0, 0.05) is 16.0 Å². The molecule has 0 spiro atoms. The van der Waals surface area contributed by atoms with Gasteiger partial charge < -0.3 is 24.6 Å². The molecule has 1 aliphatic rings. The molecule has 1 aliphatic heterocycles. The largest absolute Gasteiger partial charge is 0.469 e. The van der Waals surface area contributed by atoms with Gasteiger partial charge in [-0.2, -0.15) is 0 Å². The fourth-order valence-corrected chi connectivity index (χ4v) is 3.88. The van der Waals surface area contributed by atoms with Crippen LogP contribution in [-0.2, 0) is 19.1 Å². The van der Waals surface area contributed by atoms with Gasteiger partial charge >= 0.3 is 5.97 Å². The number of nitrogens with one attached hydrogen (secondary N) is 2. The van der Waals surface area contributed by atoms with Crippen LogP contribution in [0.5, 0.6) is 0 Å². The lowest BCUT2D eigenvalue weighted by Gasteiger charge is -2.24. The first kappa shape index (κ1) is 25.7. The second-order valence-corrected chi connectivity index (χ2v) is 10.4. The van der Waals surface area contributed by atoms with E-state index in [1.807, 2.05) is 13.8 Å². The molecule has 1 aromatic heterocycles. The molecular weight excluding hydrogens is 509 g/mol. The summed E-state index contributed by atoms with van der Waals surface area (Å²) in [5, 5.41) is 3.50. The van der Waals surface area contributed by atoms with Crippen LogP contribution in [0.1, 0.15) is 59.3 Å². The van der Waals surface area contributed by atoms with E-state index in [0.717, 1.165) is 36.1 Å². The lowest BCUT2D eigenvalue weighted by Crippen LogP contribution is -2.28. The quantitative estimate of drug-likeness (QED) is 0.319. The zero-order chi connectivity index (χ0) is 23.2. The average Bonchev–Trinajstić information content (AvgIpc) is 3.30. The van der Waals surface area contributed by atoms with E-state index < -0.39 is 0 Å². The number of carbonyl (C=O) groups excluding carboxylic acids is 2. The summed E-state index contributed by atoms with van der Waals surface area (Å²) in [4.78, 5) is 29.2. The first-order valence-electron chi connectivity index (χ1n) is 10.6. The van der Waals surface area contributed by atoms with E-state index in [0.29, 0.717) is 0 Å². The Balaban J connectivity index is 0.000000267. The van der Waals surface area contributed by atoms with Crippen LogP contribution in [0.25, 0.3) is 11.0 Å². The smallest absolute Gasteiger partial charge is 0.306 e. The van der Waals surface area contributed by atoms with Gasteiger partial charge in [0.15, 0.2) is 0 Å². The number of imidazole rings is 1. The summed E-state index contributed by atoms with van der Waals surface area (Å²) in [6.07, 6.45) is 2.22. The van der Waals surface area contributed by atoms with Crippen molar-refractivity contribution in [3.05, 3.63) is 27.6 Å². The molecule has 3 atom stereocenters. The molecule has 2 N–H and O–H groups in total. The van der Waals surface area contributed by atoms with Crippen LogP contribution >= 0.6 is 22.6 Å². The number of benzene rings is 1. The zero-order valence-corrected chi connectivity index (χ0v) is 21.4. The molecule has 2 heterocycles. The number of aldehydes is 1. The maximum atomic E-state index is 10.7. The molecule has 0 saturated carbocycles. The van der Waals surface area contributed by atoms with Crippen molar-refractivity contribution in [3.8, 4) is 0 Å². The van der Waals surface area contributed by atoms with Crippen LogP contribution in [0.2, 0.25) is 0 Å². The Morgan fingerprint density at radius 2 is 2.06 bits per heavy atom. The highest BCUT2D eigenvalue weighted by molar-refractivity contribution is 14.1. The minimum Gasteiger partial charge on any atom is -0.469 e. The lowest BCUT2D eigenvalue weighted by molar-refractivity contribution is -0.143. The van der Waals surface area contributed by atoms with Gasteiger partial charge in [-0.15, -0.1) is 0 Å². The van der Waals surface area contributed by atoms with Crippen molar-refractivity contribution in [1.29, 1.82) is 0 Å². The second-order valence-electron chi connectivity index (χ2n) is 9.16. The van der Waals surface area contributed by atoms with Gasteiger partial charge in [0.2, 0.25) is 0 Å². The van der Waals surface area contributed by atoms with Crippen molar-refractivity contribution < 1.29 is 19.1 Å². The molecule has 1 saturated heterocycles. The van der Waals surface area contributed by atoms with Crippen molar-refractivity contribution in [3.63, 3.8) is 0 Å². The van der Waals surface area contributed by atoms with E-state index in [9.17, 15) is 9.59 Å². The predicted octanol–water partition coefficient (Wildman–Crippen LogP) is 4.41. The van der Waals surface area contributed by atoms with Crippen LogP contribution < -0.4 is 5.32 Å². The standard InChI is InChI=1S/C15H20IN3O.C8H14O3/c1-15(2,3)20-10-7-13(17-8-10)14-18-11-5-4-9(16)6-12(11)19-14;1-6(2)7(5-9)4-8(10)11-3/h4-6,10,13,17H,7-8H2,1-3H3,(H,18,19);5-7H,4H2,1-3H3/t10-,13?;7-/m11/s1. The monoisotopic (exact) mass is 543 g/mol. The SMILES string of the molecule is CC(C)(C)O[C@H]1CNC(c2nc3ccc(I)cc3[nH]2)C1.COC(=O)C[C@H](C=O)C(C)C. The number of carbonyl (C=O) groups is 2. The Labute approximate surface area is 198 Å². The van der Waals surface area contributed by atoms with Gasteiger partial charge in [0.25, 0.3) is 0 Å². The number of methoxy groups -OCH3 is 1. The number of aromatic nitrogens is 2. The molecule has 1 unspecified atom stereocenters. The summed E-state index contributed by atoms with van der Waals surface area (Å²) in [5.41, 5.74) is 2.04. The van der Waals surface area contributed by atoms with Gasteiger partial charge in [-0.3, -0.25) is 4.79 Å². The lowest BCUT2D eigenvalue weighted by atomic mass is 9.94. The topological polar surface area (TPSA) is 93.3 Å². The van der Waals surface area contributed by atoms with E-state index in [1.54, 1.807) is 0 Å². The number of hydrogen-bond acceptors (Lipinski definition) is 6. The number of aromatic amines is 1. The van der Waals surface area contributed by atoms with Gasteiger partial charge in [-0.1, -0.05) is 13.8 Å². The number of rotatable bonds is 6. The van der Waals surface area contributed by atoms with Gasteiger partial charge in [-0.05, 0) is 73.9 Å². The number of esters is 1. The van der Waals surface area contributed by atoms with Crippen LogP contribution in [0.3, 0.4) is 0 Å². The molecule has 8 heteroatoms. The van der Waals surface area contributed by atoms with Crippen molar-refractivity contribution in [2.75, 3.05) is 13.7 Å². The minimum absolute atomic E-state index is 0.0920. The Bertz CT molecular complexity index is 875. The number of ether oxygens (including phenoxy) is 2. The van der Waals surface area contributed by atoms with Crippen molar-refractivity contribution >= 4 is 45.9 Å². The summed E-state index contributed by atoms with van der Waals surface area (Å²) in [6.45, 7) is 11.0. The summed E-state index contributed by atoms with van der Waals surface area (Å²) < 4.78 is 11.7. The van der Waals surface area contributed by atoms with Crippen molar-refractivity contribution in [2.24, 2.45) is 11.8 Å². The highest BCUT2D eigenvalue weighted by atomic mass is 127. The summed E-state index contributed by atoms with van der Waals surface area (Å²) in [6, 6.07) is 6.54. The number of fused-ring (bicyclic) bond motifs is 1. The number of halogens is 1. The highest BCUT2D eigenvalue weighted by Gasteiger charge is 2.30. The second kappa shape index (κ2) is 11.4. The third kappa shape index (κ3) is 8.16. The number of H-pyrrole nitrogens is 1. The maximum Gasteiger partial charge on any atom is 0.306 e. The molecule has 0 aliphatic carbocycles. The van der Waals surface area contributed by atoms with Crippen LogP contribution in [0.15, 0.2) is 18.2 Å². The van der Waals surface area contributed by atoms with Gasteiger partial charge in [0.1, 0.15) is 12.1 Å². The third-order valence-electron chi connectivity index (χ3n) is 5.06. The highest BCUT2D eigenvalue weighted by Crippen LogP contribution is 2.27. The Hall–Kier alpha value is -1.52. The molecule has 31 heavy (non-hydrogen) atoms. The first-order valence-corrected chi connectivity index (χ1v) is 11.7. The summed E-state index contributed by atoms with van der Waals surface area (Å²) in [7, 11) is 1.32. The molecule has 172 valence electrons.